The van der Waals surface area contributed by atoms with Crippen molar-refractivity contribution >= 4 is 11.8 Å². The second-order valence-electron chi connectivity index (χ2n) is 2.99. The molecule has 0 aliphatic carbocycles. The minimum Gasteiger partial charge on any atom is -0.438 e. The minimum atomic E-state index is -0.657. The van der Waals surface area contributed by atoms with E-state index in [9.17, 15) is 4.79 Å². The number of para-hydroxylation sites is 1. The third-order valence-corrected chi connectivity index (χ3v) is 2.06. The summed E-state index contributed by atoms with van der Waals surface area (Å²) in [4.78, 5) is 9.74. The van der Waals surface area contributed by atoms with Gasteiger partial charge in [0.25, 0.3) is 0 Å². The highest BCUT2D eigenvalue weighted by Crippen LogP contribution is 2.19. The van der Waals surface area contributed by atoms with Crippen molar-refractivity contribution in [2.75, 3.05) is 26.1 Å². The Labute approximate surface area is 89.2 Å². The average molecular weight is 209 g/mol. The number of fused-ring (bicyclic) bond motifs is 1. The molecule has 0 fully saturated rings. The van der Waals surface area contributed by atoms with Gasteiger partial charge in [-0.2, -0.15) is 0 Å². The molecule has 0 amide bonds. The largest absolute Gasteiger partial charge is 0.507 e. The monoisotopic (exact) mass is 209 g/mol. The van der Waals surface area contributed by atoms with Gasteiger partial charge in [0.15, 0.2) is 0 Å². The first-order valence-corrected chi connectivity index (χ1v) is 4.71. The molecule has 1 aromatic carbocycles. The Morgan fingerprint density at radius 2 is 1.93 bits per heavy atom. The van der Waals surface area contributed by atoms with Gasteiger partial charge in [-0.05, 0) is 18.1 Å². The minimum absolute atomic E-state index is 0.657. The average Bonchev–Trinajstić information content (AvgIpc) is 2.76. The third kappa shape index (κ3) is 3.50. The van der Waals surface area contributed by atoms with Crippen LogP contribution < -0.4 is 5.32 Å². The van der Waals surface area contributed by atoms with Gasteiger partial charge in [0, 0.05) is 12.2 Å². The van der Waals surface area contributed by atoms with Crippen LogP contribution in [0, 0.1) is 0 Å². The van der Waals surface area contributed by atoms with Gasteiger partial charge in [0.2, 0.25) is 0 Å². The maximum atomic E-state index is 9.74. The number of carbonyl (C=O) groups excluding carboxylic acids is 1. The topological polar surface area (TPSA) is 47.6 Å². The first-order chi connectivity index (χ1) is 7.27. The van der Waals surface area contributed by atoms with Gasteiger partial charge < -0.3 is 14.8 Å². The zero-order chi connectivity index (χ0) is 11.1. The molecule has 4 heteroatoms. The molecule has 1 aliphatic heterocycles. The fraction of sp³-hybridized carbons (Fsp3) is 0.364. The maximum absolute atomic E-state index is 9.74. The molecular formula is C11H15NO3. The van der Waals surface area contributed by atoms with Crippen molar-refractivity contribution in [1.82, 2.24) is 0 Å². The zero-order valence-corrected chi connectivity index (χ0v) is 8.95. The van der Waals surface area contributed by atoms with E-state index in [1.54, 1.807) is 0 Å². The highest BCUT2D eigenvalue weighted by Gasteiger charge is 2.05. The first kappa shape index (κ1) is 11.4. The first-order valence-electron chi connectivity index (χ1n) is 4.71. The predicted molar refractivity (Wildman–Crippen MR) is 58.0 cm³/mol. The summed E-state index contributed by atoms with van der Waals surface area (Å²) in [5.74, 6) is 0. The van der Waals surface area contributed by atoms with Gasteiger partial charge in [-0.1, -0.05) is 18.2 Å². The van der Waals surface area contributed by atoms with Crippen LogP contribution in [0.4, 0.5) is 10.5 Å². The molecule has 0 atom stereocenters. The normalized spacial score (nSPS) is 11.6. The molecule has 0 saturated carbocycles. The number of methoxy groups -OCH3 is 2. The van der Waals surface area contributed by atoms with Gasteiger partial charge in [-0.25, -0.2) is 4.79 Å². The lowest BCUT2D eigenvalue weighted by molar-refractivity contribution is 0.0924. The SMILES string of the molecule is COC(=O)OC.c1ccc2c(c1)CCN2. The number of rotatable bonds is 0. The number of nitrogens with one attached hydrogen (secondary N) is 1. The molecule has 0 spiro atoms. The predicted octanol–water partition coefficient (Wildman–Crippen LogP) is 2.05. The molecule has 0 bridgehead atoms. The van der Waals surface area contributed by atoms with Crippen LogP contribution in [0.25, 0.3) is 0 Å². The second kappa shape index (κ2) is 5.90. The molecule has 1 aliphatic rings. The van der Waals surface area contributed by atoms with Gasteiger partial charge in [0.1, 0.15) is 0 Å². The van der Waals surface area contributed by atoms with Crippen molar-refractivity contribution in [1.29, 1.82) is 0 Å². The molecule has 0 saturated heterocycles. The number of ether oxygens (including phenoxy) is 2. The quantitative estimate of drug-likeness (QED) is 0.664. The Kier molecular flexibility index (Phi) is 4.47. The van der Waals surface area contributed by atoms with E-state index in [0.29, 0.717) is 0 Å². The van der Waals surface area contributed by atoms with Crippen molar-refractivity contribution in [2.45, 2.75) is 6.42 Å². The summed E-state index contributed by atoms with van der Waals surface area (Å²) < 4.78 is 8.08. The van der Waals surface area contributed by atoms with Crippen molar-refractivity contribution in [3.05, 3.63) is 29.8 Å². The summed E-state index contributed by atoms with van der Waals surface area (Å²) in [7, 11) is 2.51. The van der Waals surface area contributed by atoms with Gasteiger partial charge >= 0.3 is 6.16 Å². The Balaban J connectivity index is 0.000000167. The lowest BCUT2D eigenvalue weighted by Crippen LogP contribution is -1.97. The highest BCUT2D eigenvalue weighted by molar-refractivity contribution is 5.59. The Morgan fingerprint density at radius 1 is 1.27 bits per heavy atom. The van der Waals surface area contributed by atoms with E-state index in [1.165, 1.54) is 31.9 Å². The maximum Gasteiger partial charge on any atom is 0.507 e. The van der Waals surface area contributed by atoms with Crippen LogP contribution >= 0.6 is 0 Å². The zero-order valence-electron chi connectivity index (χ0n) is 8.95. The molecule has 2 rings (SSSR count). The number of hydrogen-bond donors (Lipinski definition) is 1. The molecule has 15 heavy (non-hydrogen) atoms. The van der Waals surface area contributed by atoms with E-state index in [2.05, 4.69) is 39.1 Å². The van der Waals surface area contributed by atoms with E-state index in [0.717, 1.165) is 6.54 Å². The van der Waals surface area contributed by atoms with Crippen molar-refractivity contribution in [3.8, 4) is 0 Å². The summed E-state index contributed by atoms with van der Waals surface area (Å²) >= 11 is 0. The molecule has 1 heterocycles. The molecule has 0 radical (unpaired) electrons. The van der Waals surface area contributed by atoms with Gasteiger partial charge in [-0.3, -0.25) is 0 Å². The molecule has 1 aromatic rings. The number of hydrogen-bond acceptors (Lipinski definition) is 4. The van der Waals surface area contributed by atoms with Crippen molar-refractivity contribution in [3.63, 3.8) is 0 Å². The fourth-order valence-corrected chi connectivity index (χ4v) is 1.33. The summed E-state index contributed by atoms with van der Waals surface area (Å²) in [6, 6.07) is 8.46. The number of benzene rings is 1. The molecule has 82 valence electrons. The highest BCUT2D eigenvalue weighted by atomic mass is 16.7. The Hall–Kier alpha value is -1.71. The summed E-state index contributed by atoms with van der Waals surface area (Å²) in [5, 5.41) is 3.30. The van der Waals surface area contributed by atoms with E-state index in [1.807, 2.05) is 0 Å². The summed E-state index contributed by atoms with van der Waals surface area (Å²) in [6.07, 6.45) is 0.533. The lowest BCUT2D eigenvalue weighted by Gasteiger charge is -1.94. The van der Waals surface area contributed by atoms with Crippen LogP contribution in [-0.2, 0) is 15.9 Å². The molecule has 0 unspecified atom stereocenters. The van der Waals surface area contributed by atoms with Crippen LogP contribution in [-0.4, -0.2) is 26.9 Å². The number of anilines is 1. The van der Waals surface area contributed by atoms with E-state index < -0.39 is 6.16 Å². The standard InChI is InChI=1S/C8H9N.C3H6O3/c1-2-4-8-7(3-1)5-6-9-8;1-5-3(4)6-2/h1-4,9H,5-6H2;1-2H3. The smallest absolute Gasteiger partial charge is 0.438 e. The fourth-order valence-electron chi connectivity index (χ4n) is 1.33. The summed E-state index contributed by atoms with van der Waals surface area (Å²) in [5.41, 5.74) is 2.77. The Morgan fingerprint density at radius 3 is 2.47 bits per heavy atom. The lowest BCUT2D eigenvalue weighted by atomic mass is 10.2. The molecule has 1 N–H and O–H groups in total. The van der Waals surface area contributed by atoms with E-state index >= 15 is 0 Å². The van der Waals surface area contributed by atoms with Gasteiger partial charge in [0.05, 0.1) is 14.2 Å². The van der Waals surface area contributed by atoms with E-state index in [-0.39, 0.29) is 0 Å². The van der Waals surface area contributed by atoms with Gasteiger partial charge in [-0.15, -0.1) is 0 Å². The number of carbonyl (C=O) groups is 1. The van der Waals surface area contributed by atoms with Crippen LogP contribution in [0.15, 0.2) is 24.3 Å². The van der Waals surface area contributed by atoms with Crippen molar-refractivity contribution < 1.29 is 14.3 Å². The van der Waals surface area contributed by atoms with Crippen LogP contribution in [0.3, 0.4) is 0 Å². The van der Waals surface area contributed by atoms with E-state index in [4.69, 9.17) is 0 Å². The molecular weight excluding hydrogens is 194 g/mol. The molecule has 0 aromatic heterocycles. The third-order valence-electron chi connectivity index (χ3n) is 2.06. The second-order valence-corrected chi connectivity index (χ2v) is 2.99. The van der Waals surface area contributed by atoms with Crippen LogP contribution in [0.1, 0.15) is 5.56 Å². The Bertz CT molecular complexity index is 296. The summed E-state index contributed by atoms with van der Waals surface area (Å²) in [6.45, 7) is 1.11. The van der Waals surface area contributed by atoms with Crippen LogP contribution in [0.5, 0.6) is 0 Å². The van der Waals surface area contributed by atoms with Crippen molar-refractivity contribution in [2.24, 2.45) is 0 Å². The van der Waals surface area contributed by atoms with Crippen LogP contribution in [0.2, 0.25) is 0 Å². The molecule has 4 nitrogen and oxygen atoms in total.